The van der Waals surface area contributed by atoms with Crippen LogP contribution in [0.1, 0.15) is 54.0 Å². The van der Waals surface area contributed by atoms with Crippen LogP contribution >= 0.6 is 0 Å². The molecule has 0 spiro atoms. The van der Waals surface area contributed by atoms with E-state index in [0.717, 1.165) is 40.8 Å². The van der Waals surface area contributed by atoms with E-state index in [1.807, 2.05) is 57.2 Å². The summed E-state index contributed by atoms with van der Waals surface area (Å²) in [4.78, 5) is 13.5. The molecule has 1 aliphatic carbocycles. The number of methoxy groups -OCH3 is 1. The van der Waals surface area contributed by atoms with Crippen molar-refractivity contribution in [1.29, 1.82) is 0 Å². The van der Waals surface area contributed by atoms with Crippen LogP contribution < -0.4 is 10.1 Å². The van der Waals surface area contributed by atoms with Crippen molar-refractivity contribution in [2.45, 2.75) is 57.4 Å². The zero-order valence-corrected chi connectivity index (χ0v) is 20.7. The standard InChI is InChI=1S/C26H34N2O4S/c1-17-15-18(2)25(19(3)16-17)33(30,31)28-13-11-22(12-14-28)26(29)27-24(20-5-6-20)21-7-9-23(32-4)10-8-21/h7-10,15-16,20,22,24H,5-6,11-14H2,1-4H3,(H,27,29)/t24-/m1/s1. The SMILES string of the molecule is COc1ccc([C@H](NC(=O)C2CCN(S(=O)(=O)c3c(C)cc(C)cc3C)CC2)C2CC2)cc1. The molecule has 1 heterocycles. The fraction of sp³-hybridized carbons (Fsp3) is 0.500. The lowest BCUT2D eigenvalue weighted by Crippen LogP contribution is -2.44. The topological polar surface area (TPSA) is 75.7 Å². The normalized spacial score (nSPS) is 18.7. The number of rotatable bonds is 7. The third kappa shape index (κ3) is 5.09. The summed E-state index contributed by atoms with van der Waals surface area (Å²) in [6.45, 7) is 6.41. The number of ether oxygens (including phenoxy) is 1. The number of carbonyl (C=O) groups excluding carboxylic acids is 1. The van der Waals surface area contributed by atoms with E-state index >= 15 is 0 Å². The Morgan fingerprint density at radius 1 is 1.00 bits per heavy atom. The number of hydrogen-bond acceptors (Lipinski definition) is 4. The summed E-state index contributed by atoms with van der Waals surface area (Å²) >= 11 is 0. The molecule has 33 heavy (non-hydrogen) atoms. The predicted molar refractivity (Wildman–Crippen MR) is 129 cm³/mol. The number of piperidine rings is 1. The van der Waals surface area contributed by atoms with Gasteiger partial charge >= 0.3 is 0 Å². The first-order chi connectivity index (χ1) is 15.7. The highest BCUT2D eigenvalue weighted by Gasteiger charge is 2.37. The quantitative estimate of drug-likeness (QED) is 0.655. The number of benzene rings is 2. The van der Waals surface area contributed by atoms with Crippen LogP contribution in [-0.4, -0.2) is 38.8 Å². The van der Waals surface area contributed by atoms with Gasteiger partial charge in [0.2, 0.25) is 15.9 Å². The molecular formula is C26H34N2O4S. The maximum absolute atomic E-state index is 13.3. The van der Waals surface area contributed by atoms with Crippen molar-refractivity contribution in [1.82, 2.24) is 9.62 Å². The Morgan fingerprint density at radius 2 is 1.58 bits per heavy atom. The number of aryl methyl sites for hydroxylation is 3. The van der Waals surface area contributed by atoms with Gasteiger partial charge in [-0.3, -0.25) is 4.79 Å². The molecule has 1 saturated carbocycles. The van der Waals surface area contributed by atoms with Crippen LogP contribution in [0.25, 0.3) is 0 Å². The lowest BCUT2D eigenvalue weighted by molar-refractivity contribution is -0.127. The Kier molecular flexibility index (Phi) is 6.82. The van der Waals surface area contributed by atoms with Crippen molar-refractivity contribution in [2.24, 2.45) is 11.8 Å². The summed E-state index contributed by atoms with van der Waals surface area (Å²) in [7, 11) is -1.93. The number of nitrogens with zero attached hydrogens (tertiary/aromatic N) is 1. The minimum Gasteiger partial charge on any atom is -0.497 e. The fourth-order valence-electron chi connectivity index (χ4n) is 5.05. The van der Waals surface area contributed by atoms with E-state index in [0.29, 0.717) is 36.7 Å². The van der Waals surface area contributed by atoms with Gasteiger partial charge in [-0.15, -0.1) is 0 Å². The Balaban J connectivity index is 1.41. The lowest BCUT2D eigenvalue weighted by atomic mass is 9.95. The highest BCUT2D eigenvalue weighted by Crippen LogP contribution is 2.41. The highest BCUT2D eigenvalue weighted by atomic mass is 32.2. The molecule has 0 aromatic heterocycles. The molecule has 2 aliphatic rings. The Bertz CT molecular complexity index is 1090. The first kappa shape index (κ1) is 23.8. The van der Waals surface area contributed by atoms with Gasteiger partial charge in [0.25, 0.3) is 0 Å². The van der Waals surface area contributed by atoms with Crippen LogP contribution in [0.2, 0.25) is 0 Å². The van der Waals surface area contributed by atoms with Crippen molar-refractivity contribution in [3.8, 4) is 5.75 Å². The van der Waals surface area contributed by atoms with Gasteiger partial charge < -0.3 is 10.1 Å². The number of hydrogen-bond donors (Lipinski definition) is 1. The summed E-state index contributed by atoms with van der Waals surface area (Å²) in [5.41, 5.74) is 3.71. The largest absolute Gasteiger partial charge is 0.497 e. The first-order valence-electron chi connectivity index (χ1n) is 11.7. The second-order valence-corrected chi connectivity index (χ2v) is 11.4. The molecule has 0 radical (unpaired) electrons. The molecule has 0 bridgehead atoms. The van der Waals surface area contributed by atoms with Crippen molar-refractivity contribution in [2.75, 3.05) is 20.2 Å². The second-order valence-electron chi connectivity index (χ2n) is 9.50. The summed E-state index contributed by atoms with van der Waals surface area (Å²) in [6.07, 6.45) is 3.30. The van der Waals surface area contributed by atoms with E-state index in [4.69, 9.17) is 4.74 Å². The van der Waals surface area contributed by atoms with E-state index in [1.54, 1.807) is 11.4 Å². The van der Waals surface area contributed by atoms with Gasteiger partial charge in [-0.25, -0.2) is 8.42 Å². The van der Waals surface area contributed by atoms with Gasteiger partial charge in [-0.2, -0.15) is 4.31 Å². The molecule has 1 N–H and O–H groups in total. The van der Waals surface area contributed by atoms with Crippen molar-refractivity contribution in [3.05, 3.63) is 58.7 Å². The Labute approximate surface area is 197 Å². The van der Waals surface area contributed by atoms with Gasteiger partial charge in [-0.1, -0.05) is 29.8 Å². The van der Waals surface area contributed by atoms with E-state index in [-0.39, 0.29) is 17.9 Å². The molecule has 1 aliphatic heterocycles. The average molecular weight is 471 g/mol. The number of amides is 1. The van der Waals surface area contributed by atoms with Crippen LogP contribution in [0.5, 0.6) is 5.75 Å². The summed E-state index contributed by atoms with van der Waals surface area (Å²) in [5, 5.41) is 3.26. The van der Waals surface area contributed by atoms with E-state index < -0.39 is 10.0 Å². The molecule has 1 saturated heterocycles. The molecule has 2 aromatic rings. The predicted octanol–water partition coefficient (Wildman–Crippen LogP) is 4.29. The molecule has 0 unspecified atom stereocenters. The van der Waals surface area contributed by atoms with E-state index in [9.17, 15) is 13.2 Å². The van der Waals surface area contributed by atoms with Crippen LogP contribution in [-0.2, 0) is 14.8 Å². The monoisotopic (exact) mass is 470 g/mol. The fourth-order valence-corrected chi connectivity index (χ4v) is 6.93. The maximum atomic E-state index is 13.3. The number of nitrogens with one attached hydrogen (secondary N) is 1. The maximum Gasteiger partial charge on any atom is 0.243 e. The van der Waals surface area contributed by atoms with E-state index in [2.05, 4.69) is 5.32 Å². The molecule has 1 atom stereocenters. The smallest absolute Gasteiger partial charge is 0.243 e. The minimum atomic E-state index is -3.58. The lowest BCUT2D eigenvalue weighted by Gasteiger charge is -2.32. The third-order valence-electron chi connectivity index (χ3n) is 6.89. The van der Waals surface area contributed by atoms with E-state index in [1.165, 1.54) is 0 Å². The minimum absolute atomic E-state index is 0.00280. The molecule has 6 nitrogen and oxygen atoms in total. The average Bonchev–Trinajstić information content (AvgIpc) is 3.62. The molecular weight excluding hydrogens is 436 g/mol. The molecule has 4 rings (SSSR count). The Morgan fingerprint density at radius 3 is 2.09 bits per heavy atom. The second kappa shape index (κ2) is 9.47. The van der Waals surface area contributed by atoms with Gasteiger partial charge in [-0.05, 0) is 81.2 Å². The van der Waals surface area contributed by atoms with Crippen molar-refractivity contribution < 1.29 is 17.9 Å². The zero-order chi connectivity index (χ0) is 23.8. The summed E-state index contributed by atoms with van der Waals surface area (Å²) < 4.78 is 33.5. The molecule has 1 amide bonds. The third-order valence-corrected chi connectivity index (χ3v) is 9.10. The van der Waals surface area contributed by atoms with Gasteiger partial charge in [0.05, 0.1) is 18.0 Å². The van der Waals surface area contributed by atoms with Gasteiger partial charge in [0.15, 0.2) is 0 Å². The zero-order valence-electron chi connectivity index (χ0n) is 19.9. The van der Waals surface area contributed by atoms with Crippen LogP contribution in [0, 0.1) is 32.6 Å². The van der Waals surface area contributed by atoms with Crippen molar-refractivity contribution >= 4 is 15.9 Å². The van der Waals surface area contributed by atoms with Crippen LogP contribution in [0.4, 0.5) is 0 Å². The number of carbonyl (C=O) groups is 1. The molecule has 2 fully saturated rings. The van der Waals surface area contributed by atoms with Gasteiger partial charge in [0.1, 0.15) is 5.75 Å². The molecule has 7 heteroatoms. The van der Waals surface area contributed by atoms with Crippen molar-refractivity contribution in [3.63, 3.8) is 0 Å². The van der Waals surface area contributed by atoms with Crippen LogP contribution in [0.3, 0.4) is 0 Å². The molecule has 178 valence electrons. The van der Waals surface area contributed by atoms with Crippen LogP contribution in [0.15, 0.2) is 41.3 Å². The summed E-state index contributed by atoms with van der Waals surface area (Å²) in [5.74, 6) is 1.13. The first-order valence-corrected chi connectivity index (χ1v) is 13.2. The summed E-state index contributed by atoms with van der Waals surface area (Å²) in [6, 6.07) is 11.7. The highest BCUT2D eigenvalue weighted by molar-refractivity contribution is 7.89. The number of sulfonamides is 1. The molecule has 2 aromatic carbocycles. The van der Waals surface area contributed by atoms with Gasteiger partial charge in [0, 0.05) is 19.0 Å². The Hall–Kier alpha value is -2.38.